The lowest BCUT2D eigenvalue weighted by Gasteiger charge is -2.26. The van der Waals surface area contributed by atoms with Gasteiger partial charge in [-0.2, -0.15) is 13.2 Å². The molecule has 0 amide bonds. The number of hydrogen-bond acceptors (Lipinski definition) is 7. The molecule has 7 nitrogen and oxygen atoms in total. The lowest BCUT2D eigenvalue weighted by Crippen LogP contribution is -2.41. The van der Waals surface area contributed by atoms with Crippen molar-refractivity contribution in [3.05, 3.63) is 89.6 Å². The summed E-state index contributed by atoms with van der Waals surface area (Å²) in [5.41, 5.74) is -2.30. The number of carbonyl (C=O) groups is 1. The fourth-order valence-electron chi connectivity index (χ4n) is 4.02. The van der Waals surface area contributed by atoms with Gasteiger partial charge in [0.05, 0.1) is 29.9 Å². The van der Waals surface area contributed by atoms with Crippen molar-refractivity contribution in [2.75, 3.05) is 20.3 Å². The molecule has 2 heterocycles. The van der Waals surface area contributed by atoms with Crippen molar-refractivity contribution in [2.45, 2.75) is 19.1 Å². The van der Waals surface area contributed by atoms with Gasteiger partial charge in [0, 0.05) is 10.6 Å². The number of terminal acetylenes is 1. The number of hydrogen-bond donors (Lipinski definition) is 0. The van der Waals surface area contributed by atoms with Crippen molar-refractivity contribution >= 4 is 35.0 Å². The highest BCUT2D eigenvalue weighted by Crippen LogP contribution is 2.38. The van der Waals surface area contributed by atoms with Crippen LogP contribution >= 0.6 is 22.9 Å². The van der Waals surface area contributed by atoms with Crippen LogP contribution in [0.1, 0.15) is 24.1 Å². The molecule has 1 atom stereocenters. The van der Waals surface area contributed by atoms with Gasteiger partial charge in [-0.3, -0.25) is 9.36 Å². The molecule has 0 saturated carbocycles. The minimum Gasteiger partial charge on any atom is -0.493 e. The zero-order valence-electron chi connectivity index (χ0n) is 20.5. The SMILES string of the molecule is C#CCOc1c(/C=c2\sc3n(c2=O)[C@H](c2ccc(Cl)cc2)C(C(=O)OCC)=C(C(F)(F)F)N=3)cccc1OC. The summed E-state index contributed by atoms with van der Waals surface area (Å²) >= 11 is 6.72. The van der Waals surface area contributed by atoms with E-state index in [9.17, 15) is 22.8 Å². The number of esters is 1. The summed E-state index contributed by atoms with van der Waals surface area (Å²) in [6.07, 6.45) is 1.75. The number of alkyl halides is 3. The second kappa shape index (κ2) is 11.4. The zero-order chi connectivity index (χ0) is 28.3. The van der Waals surface area contributed by atoms with E-state index < -0.39 is 35.0 Å². The summed E-state index contributed by atoms with van der Waals surface area (Å²) in [7, 11) is 1.43. The highest BCUT2D eigenvalue weighted by Gasteiger charge is 2.45. The Bertz CT molecular complexity index is 1670. The van der Waals surface area contributed by atoms with Gasteiger partial charge in [-0.15, -0.1) is 6.42 Å². The minimum atomic E-state index is -5.01. The summed E-state index contributed by atoms with van der Waals surface area (Å²) in [6, 6.07) is 9.23. The number of thiazole rings is 1. The number of aromatic nitrogens is 1. The number of ether oxygens (including phenoxy) is 3. The Morgan fingerprint density at radius 3 is 2.59 bits per heavy atom. The van der Waals surface area contributed by atoms with Crippen molar-refractivity contribution in [2.24, 2.45) is 4.99 Å². The van der Waals surface area contributed by atoms with Crippen LogP contribution in [0.5, 0.6) is 11.5 Å². The zero-order valence-corrected chi connectivity index (χ0v) is 22.1. The molecule has 1 aliphatic heterocycles. The van der Waals surface area contributed by atoms with Gasteiger partial charge in [0.15, 0.2) is 22.0 Å². The molecule has 1 aliphatic rings. The van der Waals surface area contributed by atoms with Gasteiger partial charge in [-0.05, 0) is 36.8 Å². The Hall–Kier alpha value is -4.01. The summed E-state index contributed by atoms with van der Waals surface area (Å²) in [5, 5.41) is 0.321. The number of rotatable bonds is 7. The summed E-state index contributed by atoms with van der Waals surface area (Å²) in [6.45, 7) is 1.20. The van der Waals surface area contributed by atoms with Gasteiger partial charge >= 0.3 is 12.1 Å². The Morgan fingerprint density at radius 1 is 1.26 bits per heavy atom. The first-order valence-electron chi connectivity index (χ1n) is 11.4. The lowest BCUT2D eigenvalue weighted by molar-refractivity contribution is -0.140. The van der Waals surface area contributed by atoms with E-state index in [1.54, 1.807) is 18.2 Å². The highest BCUT2D eigenvalue weighted by atomic mass is 35.5. The second-order valence-electron chi connectivity index (χ2n) is 7.99. The molecule has 2 aromatic carbocycles. The van der Waals surface area contributed by atoms with Crippen LogP contribution < -0.4 is 24.4 Å². The van der Waals surface area contributed by atoms with Gasteiger partial charge in [-0.1, -0.05) is 53.1 Å². The number of allylic oxidation sites excluding steroid dienone is 1. The predicted octanol–water partition coefficient (Wildman–Crippen LogP) is 4.01. The molecule has 39 heavy (non-hydrogen) atoms. The van der Waals surface area contributed by atoms with E-state index in [2.05, 4.69) is 10.9 Å². The highest BCUT2D eigenvalue weighted by molar-refractivity contribution is 7.07. The molecule has 0 spiro atoms. The average Bonchev–Trinajstić information content (AvgIpc) is 3.21. The van der Waals surface area contributed by atoms with Crippen LogP contribution in [0.15, 0.2) is 63.5 Å². The lowest BCUT2D eigenvalue weighted by atomic mass is 9.95. The molecule has 0 radical (unpaired) electrons. The van der Waals surface area contributed by atoms with E-state index in [4.69, 9.17) is 32.2 Å². The van der Waals surface area contributed by atoms with E-state index in [1.165, 1.54) is 44.4 Å². The maximum absolute atomic E-state index is 14.2. The van der Waals surface area contributed by atoms with Crippen molar-refractivity contribution < 1.29 is 32.2 Å². The molecule has 0 N–H and O–H groups in total. The minimum absolute atomic E-state index is 0.0400. The quantitative estimate of drug-likeness (QED) is 0.314. The molecule has 0 unspecified atom stereocenters. The molecule has 12 heteroatoms. The fraction of sp³-hybridized carbons (Fsp3) is 0.222. The number of halogens is 4. The summed E-state index contributed by atoms with van der Waals surface area (Å²) < 4.78 is 59.7. The maximum Gasteiger partial charge on any atom is 0.434 e. The van der Waals surface area contributed by atoms with Crippen molar-refractivity contribution in [1.29, 1.82) is 0 Å². The summed E-state index contributed by atoms with van der Waals surface area (Å²) in [4.78, 5) is 30.1. The van der Waals surface area contributed by atoms with E-state index in [0.29, 0.717) is 16.3 Å². The standard InChI is InChI=1S/C27H20ClF3N2O5S/c1-4-13-38-22-16(7-6-8-18(22)36-3)14-19-24(34)33-21(15-9-11-17(28)12-10-15)20(25(35)37-5-2)23(27(29,30)31)32-26(33)39-19/h1,6-12,14,21H,5,13H2,2-3H3/b19-14-/t21-/m1/s1. The molecule has 0 fully saturated rings. The molecule has 0 saturated heterocycles. The molecular weight excluding hydrogens is 557 g/mol. The van der Waals surface area contributed by atoms with Crippen LogP contribution in [0.25, 0.3) is 6.08 Å². The molecule has 0 aliphatic carbocycles. The molecule has 4 rings (SSSR count). The van der Waals surface area contributed by atoms with Gasteiger partial charge in [0.1, 0.15) is 6.61 Å². The molecular formula is C27H20ClF3N2O5S. The van der Waals surface area contributed by atoms with Crippen LogP contribution in [0.2, 0.25) is 5.02 Å². The van der Waals surface area contributed by atoms with Gasteiger partial charge < -0.3 is 14.2 Å². The molecule has 1 aromatic heterocycles. The third kappa shape index (κ3) is 5.57. The smallest absolute Gasteiger partial charge is 0.434 e. The monoisotopic (exact) mass is 576 g/mol. The maximum atomic E-state index is 14.2. The number of methoxy groups -OCH3 is 1. The third-order valence-corrected chi connectivity index (χ3v) is 6.83. The van der Waals surface area contributed by atoms with Crippen LogP contribution in [0.4, 0.5) is 13.2 Å². The fourth-order valence-corrected chi connectivity index (χ4v) is 5.14. The molecule has 3 aromatic rings. The van der Waals surface area contributed by atoms with Crippen LogP contribution in [-0.4, -0.2) is 37.0 Å². The largest absolute Gasteiger partial charge is 0.493 e. The normalized spacial score (nSPS) is 15.3. The van der Waals surface area contributed by atoms with Gasteiger partial charge in [0.2, 0.25) is 0 Å². The Labute approximate surface area is 229 Å². The van der Waals surface area contributed by atoms with Crippen LogP contribution in [0.3, 0.4) is 0 Å². The van der Waals surface area contributed by atoms with Crippen LogP contribution in [-0.2, 0) is 9.53 Å². The molecule has 202 valence electrons. The average molecular weight is 577 g/mol. The van der Waals surface area contributed by atoms with Crippen molar-refractivity contribution in [3.63, 3.8) is 0 Å². The first-order valence-corrected chi connectivity index (χ1v) is 12.6. The topological polar surface area (TPSA) is 79.1 Å². The van der Waals surface area contributed by atoms with E-state index in [1.807, 2.05) is 0 Å². The van der Waals surface area contributed by atoms with Gasteiger partial charge in [0.25, 0.3) is 5.56 Å². The second-order valence-corrected chi connectivity index (χ2v) is 9.43. The Kier molecular flexibility index (Phi) is 8.18. The Balaban J connectivity index is 2.04. The van der Waals surface area contributed by atoms with Crippen LogP contribution in [0, 0.1) is 12.3 Å². The first-order chi connectivity index (χ1) is 18.6. The predicted molar refractivity (Wildman–Crippen MR) is 140 cm³/mol. The number of benzene rings is 2. The number of fused-ring (bicyclic) bond motifs is 1. The Morgan fingerprint density at radius 2 is 1.97 bits per heavy atom. The third-order valence-electron chi connectivity index (χ3n) is 5.60. The molecule has 0 bridgehead atoms. The number of carbonyl (C=O) groups excluding carboxylic acids is 1. The van der Waals surface area contributed by atoms with E-state index in [-0.39, 0.29) is 33.9 Å². The first kappa shape index (κ1) is 28.0. The number of para-hydroxylation sites is 1. The van der Waals surface area contributed by atoms with E-state index in [0.717, 1.165) is 15.9 Å². The van der Waals surface area contributed by atoms with Crippen molar-refractivity contribution in [3.8, 4) is 23.8 Å². The number of nitrogens with zero attached hydrogens (tertiary/aromatic N) is 2. The van der Waals surface area contributed by atoms with E-state index >= 15 is 0 Å². The van der Waals surface area contributed by atoms with Crippen molar-refractivity contribution in [1.82, 2.24) is 4.57 Å². The summed E-state index contributed by atoms with van der Waals surface area (Å²) in [5.74, 6) is 1.71. The van der Waals surface area contributed by atoms with Gasteiger partial charge in [-0.25, -0.2) is 9.79 Å².